The van der Waals surface area contributed by atoms with Crippen molar-refractivity contribution >= 4 is 23.7 Å². The summed E-state index contributed by atoms with van der Waals surface area (Å²) >= 11 is 0. The van der Waals surface area contributed by atoms with Gasteiger partial charge >= 0.3 is 17.9 Å². The zero-order valence-corrected chi connectivity index (χ0v) is 11.4. The Morgan fingerprint density at radius 2 is 1.30 bits per heavy atom. The van der Waals surface area contributed by atoms with Crippen molar-refractivity contribution in [3.8, 4) is 11.1 Å². The van der Waals surface area contributed by atoms with Crippen molar-refractivity contribution in [1.29, 1.82) is 0 Å². The van der Waals surface area contributed by atoms with Crippen LogP contribution < -0.4 is 0 Å². The predicted octanol–water partition coefficient (Wildman–Crippen LogP) is 1.99. The second-order valence-corrected chi connectivity index (χ2v) is 4.95. The van der Waals surface area contributed by atoms with Gasteiger partial charge in [-0.05, 0) is 41.5 Å². The number of ketones is 1. The molecule has 0 atom stereocenters. The number of fused-ring (bicyclic) bond motifs is 3. The first kappa shape index (κ1) is 14.5. The van der Waals surface area contributed by atoms with Crippen molar-refractivity contribution in [3.63, 3.8) is 0 Å². The minimum atomic E-state index is -1.43. The SMILES string of the molecule is O=C(O)c1ccc2c(c1)-c1cc(C(=O)O)cc(C(=O)O)c1C2=O. The molecule has 1 aliphatic carbocycles. The lowest BCUT2D eigenvalue weighted by molar-refractivity contribution is 0.0681. The maximum absolute atomic E-state index is 12.4. The van der Waals surface area contributed by atoms with Crippen LogP contribution in [-0.4, -0.2) is 39.0 Å². The molecule has 23 heavy (non-hydrogen) atoms. The van der Waals surface area contributed by atoms with Gasteiger partial charge in [0.05, 0.1) is 16.7 Å². The maximum Gasteiger partial charge on any atom is 0.336 e. The van der Waals surface area contributed by atoms with Gasteiger partial charge in [-0.1, -0.05) is 0 Å². The normalized spacial score (nSPS) is 11.7. The zero-order valence-electron chi connectivity index (χ0n) is 11.4. The van der Waals surface area contributed by atoms with Crippen LogP contribution in [0.5, 0.6) is 0 Å². The molecule has 7 nitrogen and oxygen atoms in total. The highest BCUT2D eigenvalue weighted by molar-refractivity contribution is 6.26. The van der Waals surface area contributed by atoms with Gasteiger partial charge in [-0.25, -0.2) is 14.4 Å². The molecule has 0 radical (unpaired) electrons. The molecule has 0 fully saturated rings. The van der Waals surface area contributed by atoms with E-state index in [1.165, 1.54) is 24.3 Å². The molecular weight excluding hydrogens is 304 g/mol. The summed E-state index contributed by atoms with van der Waals surface area (Å²) in [4.78, 5) is 46.0. The molecule has 0 aliphatic heterocycles. The molecule has 0 aromatic heterocycles. The topological polar surface area (TPSA) is 129 Å². The van der Waals surface area contributed by atoms with E-state index in [1.54, 1.807) is 0 Å². The van der Waals surface area contributed by atoms with E-state index in [2.05, 4.69) is 0 Å². The quantitative estimate of drug-likeness (QED) is 0.674. The van der Waals surface area contributed by atoms with Gasteiger partial charge in [0, 0.05) is 11.1 Å². The van der Waals surface area contributed by atoms with Crippen molar-refractivity contribution in [2.24, 2.45) is 0 Å². The van der Waals surface area contributed by atoms with E-state index in [1.807, 2.05) is 0 Å². The lowest BCUT2D eigenvalue weighted by Crippen LogP contribution is -2.09. The number of carboxylic acid groups (broad SMARTS) is 3. The fourth-order valence-corrected chi connectivity index (χ4v) is 2.62. The highest BCUT2D eigenvalue weighted by Gasteiger charge is 2.33. The van der Waals surface area contributed by atoms with Crippen LogP contribution in [0, 0.1) is 0 Å². The van der Waals surface area contributed by atoms with Crippen LogP contribution in [0.15, 0.2) is 30.3 Å². The van der Waals surface area contributed by atoms with Gasteiger partial charge in [-0.3, -0.25) is 4.79 Å². The van der Waals surface area contributed by atoms with Crippen LogP contribution in [0.2, 0.25) is 0 Å². The average molecular weight is 312 g/mol. The van der Waals surface area contributed by atoms with E-state index in [4.69, 9.17) is 10.2 Å². The first-order valence-corrected chi connectivity index (χ1v) is 6.38. The minimum absolute atomic E-state index is 0.0815. The molecule has 2 aromatic carbocycles. The second kappa shape index (κ2) is 4.77. The van der Waals surface area contributed by atoms with Crippen molar-refractivity contribution in [1.82, 2.24) is 0 Å². The van der Waals surface area contributed by atoms with Crippen LogP contribution in [-0.2, 0) is 0 Å². The number of aromatic carboxylic acids is 3. The summed E-state index contributed by atoms with van der Waals surface area (Å²) in [5.41, 5.74) is -0.432. The lowest BCUT2D eigenvalue weighted by atomic mass is 9.97. The van der Waals surface area contributed by atoms with Crippen molar-refractivity contribution < 1.29 is 34.5 Å². The van der Waals surface area contributed by atoms with Gasteiger partial charge in [-0.15, -0.1) is 0 Å². The average Bonchev–Trinajstić information content (AvgIpc) is 2.79. The first-order valence-electron chi connectivity index (χ1n) is 6.38. The van der Waals surface area contributed by atoms with Gasteiger partial charge in [0.2, 0.25) is 0 Å². The monoisotopic (exact) mass is 312 g/mol. The Morgan fingerprint density at radius 1 is 0.696 bits per heavy atom. The fraction of sp³-hybridized carbons (Fsp3) is 0. The summed E-state index contributed by atoms with van der Waals surface area (Å²) in [6, 6.07) is 5.88. The van der Waals surface area contributed by atoms with Gasteiger partial charge in [0.1, 0.15) is 0 Å². The molecular formula is C16H8O7. The molecule has 3 N–H and O–H groups in total. The zero-order chi connectivity index (χ0) is 16.9. The third-order valence-electron chi connectivity index (χ3n) is 3.64. The molecule has 0 amide bonds. The molecule has 3 rings (SSSR count). The van der Waals surface area contributed by atoms with Gasteiger partial charge in [0.25, 0.3) is 0 Å². The summed E-state index contributed by atoms with van der Waals surface area (Å²) in [5, 5.41) is 27.4. The molecule has 2 aromatic rings. The third-order valence-corrected chi connectivity index (χ3v) is 3.64. The highest BCUT2D eigenvalue weighted by atomic mass is 16.4. The summed E-state index contributed by atoms with van der Waals surface area (Å²) < 4.78 is 0. The van der Waals surface area contributed by atoms with E-state index in [0.717, 1.165) is 6.07 Å². The minimum Gasteiger partial charge on any atom is -0.478 e. The second-order valence-electron chi connectivity index (χ2n) is 4.95. The molecule has 0 heterocycles. The Bertz CT molecular complexity index is 924. The van der Waals surface area contributed by atoms with E-state index < -0.39 is 29.3 Å². The van der Waals surface area contributed by atoms with E-state index in [-0.39, 0.29) is 33.4 Å². The maximum atomic E-state index is 12.4. The van der Waals surface area contributed by atoms with Crippen LogP contribution >= 0.6 is 0 Å². The molecule has 0 saturated carbocycles. The molecule has 0 saturated heterocycles. The number of hydrogen-bond acceptors (Lipinski definition) is 4. The van der Waals surface area contributed by atoms with Crippen LogP contribution in [0.25, 0.3) is 11.1 Å². The Hall–Kier alpha value is -3.48. The van der Waals surface area contributed by atoms with Crippen molar-refractivity contribution in [2.75, 3.05) is 0 Å². The van der Waals surface area contributed by atoms with Crippen molar-refractivity contribution in [3.05, 3.63) is 58.1 Å². The standard InChI is InChI=1S/C16H8O7/c17-13-8-2-1-6(14(18)19)3-9(8)10-4-7(15(20)21)5-11(12(10)13)16(22)23/h1-5H,(H,18,19)(H,20,21)(H,22,23). The first-order chi connectivity index (χ1) is 10.8. The summed E-state index contributed by atoms with van der Waals surface area (Å²) in [7, 11) is 0. The van der Waals surface area contributed by atoms with Crippen molar-refractivity contribution in [2.45, 2.75) is 0 Å². The Labute approximate surface area is 128 Å². The fourth-order valence-electron chi connectivity index (χ4n) is 2.62. The number of rotatable bonds is 3. The number of benzene rings is 2. The summed E-state index contributed by atoms with van der Waals surface area (Å²) in [5.74, 6) is -4.54. The van der Waals surface area contributed by atoms with Crippen LogP contribution in [0.1, 0.15) is 47.0 Å². The molecule has 0 spiro atoms. The molecule has 1 aliphatic rings. The summed E-state index contributed by atoms with van der Waals surface area (Å²) in [6.45, 7) is 0. The number of carbonyl (C=O) groups is 4. The van der Waals surface area contributed by atoms with E-state index in [9.17, 15) is 24.3 Å². The van der Waals surface area contributed by atoms with E-state index >= 15 is 0 Å². The Balaban J connectivity index is 2.38. The van der Waals surface area contributed by atoms with Gasteiger partial charge in [-0.2, -0.15) is 0 Å². The number of carboxylic acids is 3. The van der Waals surface area contributed by atoms with Gasteiger partial charge < -0.3 is 15.3 Å². The van der Waals surface area contributed by atoms with Crippen LogP contribution in [0.3, 0.4) is 0 Å². The largest absolute Gasteiger partial charge is 0.478 e. The predicted molar refractivity (Wildman–Crippen MR) is 76.2 cm³/mol. The third kappa shape index (κ3) is 2.06. The Kier molecular flexibility index (Phi) is 3.00. The number of carbonyl (C=O) groups excluding carboxylic acids is 1. The van der Waals surface area contributed by atoms with Crippen LogP contribution in [0.4, 0.5) is 0 Å². The molecule has 114 valence electrons. The van der Waals surface area contributed by atoms with E-state index in [0.29, 0.717) is 0 Å². The van der Waals surface area contributed by atoms with Gasteiger partial charge in [0.15, 0.2) is 5.78 Å². The smallest absolute Gasteiger partial charge is 0.336 e. The number of hydrogen-bond donors (Lipinski definition) is 3. The molecule has 0 unspecified atom stereocenters. The molecule has 7 heteroatoms. The highest BCUT2D eigenvalue weighted by Crippen LogP contribution is 2.39. The lowest BCUT2D eigenvalue weighted by Gasteiger charge is -2.06. The molecule has 0 bridgehead atoms. The Morgan fingerprint density at radius 3 is 1.87 bits per heavy atom. The summed E-state index contributed by atoms with van der Waals surface area (Å²) in [6.07, 6.45) is 0.